The van der Waals surface area contributed by atoms with Gasteiger partial charge in [0.15, 0.2) is 0 Å². The van der Waals surface area contributed by atoms with E-state index in [-0.39, 0.29) is 23.7 Å². The second kappa shape index (κ2) is 8.55. The predicted molar refractivity (Wildman–Crippen MR) is 101 cm³/mol. The lowest BCUT2D eigenvalue weighted by molar-refractivity contribution is -0.146. The number of carbonyl (C=O) groups excluding carboxylic acids is 2. The van der Waals surface area contributed by atoms with E-state index in [1.54, 1.807) is 0 Å². The van der Waals surface area contributed by atoms with Gasteiger partial charge in [-0.1, -0.05) is 24.3 Å². The molecule has 1 saturated carbocycles. The minimum absolute atomic E-state index is 0.0604. The average Bonchev–Trinajstić information content (AvgIpc) is 2.69. The van der Waals surface area contributed by atoms with Crippen molar-refractivity contribution in [3.63, 3.8) is 0 Å². The smallest absolute Gasteiger partial charge is 0.306 e. The van der Waals surface area contributed by atoms with Gasteiger partial charge >= 0.3 is 5.97 Å². The maximum Gasteiger partial charge on any atom is 0.306 e. The topological polar surface area (TPSA) is 77.9 Å². The van der Waals surface area contributed by atoms with Crippen molar-refractivity contribution in [2.75, 3.05) is 26.2 Å². The highest BCUT2D eigenvalue weighted by atomic mass is 16.4. The van der Waals surface area contributed by atoms with E-state index in [4.69, 9.17) is 5.11 Å². The van der Waals surface area contributed by atoms with E-state index in [1.807, 2.05) is 41.0 Å². The highest BCUT2D eigenvalue weighted by Gasteiger charge is 2.33. The molecule has 2 aliphatic rings. The molecule has 6 heteroatoms. The maximum absolute atomic E-state index is 12.7. The number of amides is 2. The Bertz CT molecular complexity index is 702. The molecular formula is C21H28N2O4. The van der Waals surface area contributed by atoms with Crippen molar-refractivity contribution in [2.24, 2.45) is 11.8 Å². The molecule has 146 valence electrons. The van der Waals surface area contributed by atoms with Crippen molar-refractivity contribution in [1.29, 1.82) is 0 Å². The van der Waals surface area contributed by atoms with Crippen LogP contribution in [-0.4, -0.2) is 58.9 Å². The van der Waals surface area contributed by atoms with Gasteiger partial charge in [-0.25, -0.2) is 0 Å². The number of benzene rings is 1. The lowest BCUT2D eigenvalue weighted by atomic mass is 9.81. The summed E-state index contributed by atoms with van der Waals surface area (Å²) in [5.74, 6) is -0.871. The standard InChI is InChI=1S/C21H28N2O4/c1-15-4-2-3-5-18(15)14-19(24)22-10-12-23(13-11-22)20(25)16-6-8-17(9-7-16)21(26)27/h2-5,16-17H,6-14H2,1H3,(H,26,27). The molecule has 0 atom stereocenters. The number of hydrogen-bond acceptors (Lipinski definition) is 3. The second-order valence-corrected chi connectivity index (χ2v) is 7.70. The van der Waals surface area contributed by atoms with Crippen molar-refractivity contribution in [3.05, 3.63) is 35.4 Å². The first-order chi connectivity index (χ1) is 13.0. The second-order valence-electron chi connectivity index (χ2n) is 7.70. The number of hydrogen-bond donors (Lipinski definition) is 1. The van der Waals surface area contributed by atoms with Gasteiger partial charge in [-0.2, -0.15) is 0 Å². The Labute approximate surface area is 160 Å². The average molecular weight is 372 g/mol. The maximum atomic E-state index is 12.7. The number of carboxylic acid groups (broad SMARTS) is 1. The van der Waals surface area contributed by atoms with Crippen molar-refractivity contribution in [3.8, 4) is 0 Å². The van der Waals surface area contributed by atoms with E-state index >= 15 is 0 Å². The fourth-order valence-corrected chi connectivity index (χ4v) is 4.10. The molecule has 1 N–H and O–H groups in total. The monoisotopic (exact) mass is 372 g/mol. The summed E-state index contributed by atoms with van der Waals surface area (Å²) in [4.78, 5) is 40.0. The van der Waals surface area contributed by atoms with Crippen LogP contribution in [0.15, 0.2) is 24.3 Å². The number of carboxylic acids is 1. The van der Waals surface area contributed by atoms with Gasteiger partial charge < -0.3 is 14.9 Å². The molecule has 0 aromatic heterocycles. The number of aliphatic carboxylic acids is 1. The Morgan fingerprint density at radius 1 is 0.926 bits per heavy atom. The molecule has 0 unspecified atom stereocenters. The van der Waals surface area contributed by atoms with Gasteiger partial charge in [0.2, 0.25) is 11.8 Å². The molecule has 0 bridgehead atoms. The Morgan fingerprint density at radius 3 is 2.07 bits per heavy atom. The van der Waals surface area contributed by atoms with Gasteiger partial charge in [-0.3, -0.25) is 14.4 Å². The molecule has 2 amide bonds. The Kier molecular flexibility index (Phi) is 6.14. The summed E-state index contributed by atoms with van der Waals surface area (Å²) in [5, 5.41) is 9.08. The molecule has 1 aliphatic carbocycles. The summed E-state index contributed by atoms with van der Waals surface area (Å²) >= 11 is 0. The van der Waals surface area contributed by atoms with Crippen LogP contribution in [0.3, 0.4) is 0 Å². The SMILES string of the molecule is Cc1ccccc1CC(=O)N1CCN(C(=O)C2CCC(C(=O)O)CC2)CC1. The molecule has 1 aromatic carbocycles. The molecule has 0 radical (unpaired) electrons. The van der Waals surface area contributed by atoms with Crippen molar-refractivity contribution in [1.82, 2.24) is 9.80 Å². The molecular weight excluding hydrogens is 344 g/mol. The van der Waals surface area contributed by atoms with Crippen molar-refractivity contribution >= 4 is 17.8 Å². The Hall–Kier alpha value is -2.37. The zero-order valence-corrected chi connectivity index (χ0v) is 15.9. The zero-order chi connectivity index (χ0) is 19.4. The fourth-order valence-electron chi connectivity index (χ4n) is 4.10. The lowest BCUT2D eigenvalue weighted by Gasteiger charge is -2.37. The van der Waals surface area contributed by atoms with Gasteiger partial charge in [0.1, 0.15) is 0 Å². The van der Waals surface area contributed by atoms with E-state index in [0.29, 0.717) is 58.3 Å². The summed E-state index contributed by atoms with van der Waals surface area (Å²) in [5.41, 5.74) is 2.17. The van der Waals surface area contributed by atoms with Gasteiger partial charge in [0, 0.05) is 32.1 Å². The van der Waals surface area contributed by atoms with E-state index in [2.05, 4.69) is 0 Å². The van der Waals surface area contributed by atoms with Gasteiger partial charge in [-0.15, -0.1) is 0 Å². The highest BCUT2D eigenvalue weighted by Crippen LogP contribution is 2.30. The molecule has 1 aliphatic heterocycles. The molecule has 2 fully saturated rings. The largest absolute Gasteiger partial charge is 0.481 e. The third-order valence-corrected chi connectivity index (χ3v) is 5.97. The summed E-state index contributed by atoms with van der Waals surface area (Å²) in [7, 11) is 0. The zero-order valence-electron chi connectivity index (χ0n) is 15.9. The van der Waals surface area contributed by atoms with Crippen LogP contribution in [0.5, 0.6) is 0 Å². The number of piperazine rings is 1. The van der Waals surface area contributed by atoms with Crippen LogP contribution in [0.2, 0.25) is 0 Å². The number of carbonyl (C=O) groups is 3. The van der Waals surface area contributed by atoms with E-state index in [1.165, 1.54) is 0 Å². The number of nitrogens with zero attached hydrogens (tertiary/aromatic N) is 2. The van der Waals surface area contributed by atoms with Crippen LogP contribution in [0.25, 0.3) is 0 Å². The molecule has 27 heavy (non-hydrogen) atoms. The summed E-state index contributed by atoms with van der Waals surface area (Å²) in [6.45, 7) is 4.29. The van der Waals surface area contributed by atoms with Crippen molar-refractivity contribution in [2.45, 2.75) is 39.0 Å². The van der Waals surface area contributed by atoms with Gasteiger partial charge in [0.25, 0.3) is 0 Å². The summed E-state index contributed by atoms with van der Waals surface area (Å²) < 4.78 is 0. The Morgan fingerprint density at radius 2 is 1.48 bits per heavy atom. The quantitative estimate of drug-likeness (QED) is 0.878. The van der Waals surface area contributed by atoms with Gasteiger partial charge in [-0.05, 0) is 43.7 Å². The van der Waals surface area contributed by atoms with E-state index in [0.717, 1.165) is 11.1 Å². The predicted octanol–water partition coefficient (Wildman–Crippen LogP) is 2.10. The highest BCUT2D eigenvalue weighted by molar-refractivity contribution is 5.81. The van der Waals surface area contributed by atoms with E-state index in [9.17, 15) is 14.4 Å². The van der Waals surface area contributed by atoms with Crippen LogP contribution in [-0.2, 0) is 20.8 Å². The first-order valence-electron chi connectivity index (χ1n) is 9.79. The third-order valence-electron chi connectivity index (χ3n) is 5.97. The first kappa shape index (κ1) is 19.4. The molecule has 6 nitrogen and oxygen atoms in total. The number of rotatable bonds is 4. The number of aryl methyl sites for hydroxylation is 1. The minimum atomic E-state index is -0.748. The van der Waals surface area contributed by atoms with Gasteiger partial charge in [0.05, 0.1) is 12.3 Å². The van der Waals surface area contributed by atoms with Crippen LogP contribution in [0, 0.1) is 18.8 Å². The van der Waals surface area contributed by atoms with Crippen LogP contribution >= 0.6 is 0 Å². The lowest BCUT2D eigenvalue weighted by Crippen LogP contribution is -2.52. The van der Waals surface area contributed by atoms with Crippen LogP contribution < -0.4 is 0 Å². The van der Waals surface area contributed by atoms with Crippen LogP contribution in [0.1, 0.15) is 36.8 Å². The molecule has 0 spiro atoms. The Balaban J connectivity index is 1.47. The minimum Gasteiger partial charge on any atom is -0.481 e. The summed E-state index contributed by atoms with van der Waals surface area (Å²) in [6.07, 6.45) is 2.88. The third kappa shape index (κ3) is 4.67. The fraction of sp³-hybridized carbons (Fsp3) is 0.571. The summed E-state index contributed by atoms with van der Waals surface area (Å²) in [6, 6.07) is 7.92. The van der Waals surface area contributed by atoms with Crippen molar-refractivity contribution < 1.29 is 19.5 Å². The molecule has 3 rings (SSSR count). The first-order valence-corrected chi connectivity index (χ1v) is 9.79. The molecule has 1 aromatic rings. The normalized spacial score (nSPS) is 23.1. The molecule has 1 saturated heterocycles. The molecule has 1 heterocycles. The van der Waals surface area contributed by atoms with Crippen LogP contribution in [0.4, 0.5) is 0 Å². The van der Waals surface area contributed by atoms with E-state index < -0.39 is 5.97 Å².